The van der Waals surface area contributed by atoms with Crippen molar-refractivity contribution in [3.05, 3.63) is 59.9 Å². The summed E-state index contributed by atoms with van der Waals surface area (Å²) in [5.41, 5.74) is 9.59. The summed E-state index contributed by atoms with van der Waals surface area (Å²) < 4.78 is 10.9. The van der Waals surface area contributed by atoms with Crippen molar-refractivity contribution in [2.45, 2.75) is 23.4 Å². The molecule has 1 saturated heterocycles. The Morgan fingerprint density at radius 2 is 1.74 bits per heavy atom. The highest BCUT2D eigenvalue weighted by molar-refractivity contribution is 7.99. The second-order valence-electron chi connectivity index (χ2n) is 7.78. The van der Waals surface area contributed by atoms with E-state index in [1.165, 1.54) is 11.1 Å². The van der Waals surface area contributed by atoms with Gasteiger partial charge in [0.05, 0.1) is 0 Å². The highest BCUT2D eigenvalue weighted by Crippen LogP contribution is 2.35. The minimum Gasteiger partial charge on any atom is -0.454 e. The van der Waals surface area contributed by atoms with Crippen LogP contribution in [0.5, 0.6) is 11.5 Å². The molecule has 2 aromatic carbocycles. The first kappa shape index (κ1) is 20.0. The van der Waals surface area contributed by atoms with Gasteiger partial charge >= 0.3 is 0 Å². The molecule has 2 N–H and O–H groups in total. The summed E-state index contributed by atoms with van der Waals surface area (Å²) in [6.45, 7) is 6.91. The average Bonchev–Trinajstić information content (AvgIpc) is 3.25. The summed E-state index contributed by atoms with van der Waals surface area (Å²) in [5.74, 6) is 2.49. The molecule has 1 aromatic heterocycles. The monoisotopic (exact) mass is 435 g/mol. The van der Waals surface area contributed by atoms with E-state index in [0.717, 1.165) is 60.0 Å². The quantitative estimate of drug-likeness (QED) is 0.610. The summed E-state index contributed by atoms with van der Waals surface area (Å²) in [7, 11) is 0. The third-order valence-electron chi connectivity index (χ3n) is 5.58. The molecule has 0 bridgehead atoms. The molecule has 1 fully saturated rings. The summed E-state index contributed by atoms with van der Waals surface area (Å²) >= 11 is 1.58. The zero-order chi connectivity index (χ0) is 21.2. The van der Waals surface area contributed by atoms with Gasteiger partial charge in [0.15, 0.2) is 17.3 Å². The van der Waals surface area contributed by atoms with Gasteiger partial charge in [-0.3, -0.25) is 4.90 Å². The van der Waals surface area contributed by atoms with Gasteiger partial charge in [-0.05, 0) is 36.8 Å². The number of nitrogens with two attached hydrogens (primary N) is 1. The summed E-state index contributed by atoms with van der Waals surface area (Å²) in [5, 5.41) is 0.802. The molecule has 5 rings (SSSR count). The van der Waals surface area contributed by atoms with E-state index < -0.39 is 0 Å². The molecule has 2 aliphatic heterocycles. The lowest BCUT2D eigenvalue weighted by Crippen LogP contribution is -2.46. The van der Waals surface area contributed by atoms with Gasteiger partial charge in [0.1, 0.15) is 17.0 Å². The third-order valence-corrected chi connectivity index (χ3v) is 6.60. The number of anilines is 2. The molecule has 0 saturated carbocycles. The number of aryl methyl sites for hydroxylation is 1. The number of ether oxygens (including phenoxy) is 2. The topological polar surface area (TPSA) is 76.7 Å². The molecule has 160 valence electrons. The lowest BCUT2D eigenvalue weighted by Gasteiger charge is -2.36. The summed E-state index contributed by atoms with van der Waals surface area (Å²) in [6, 6.07) is 14.6. The van der Waals surface area contributed by atoms with Crippen LogP contribution >= 0.6 is 11.8 Å². The predicted octanol–water partition coefficient (Wildman–Crippen LogP) is 3.57. The average molecular weight is 436 g/mol. The van der Waals surface area contributed by atoms with Gasteiger partial charge in [-0.1, -0.05) is 35.5 Å². The zero-order valence-electron chi connectivity index (χ0n) is 17.5. The first-order valence-corrected chi connectivity index (χ1v) is 11.2. The molecule has 0 unspecified atom stereocenters. The Balaban J connectivity index is 1.22. The number of rotatable bonds is 5. The molecule has 0 radical (unpaired) electrons. The second-order valence-corrected chi connectivity index (χ2v) is 8.84. The highest BCUT2D eigenvalue weighted by Gasteiger charge is 2.22. The maximum absolute atomic E-state index is 6.48. The molecule has 0 amide bonds. The van der Waals surface area contributed by atoms with Crippen LogP contribution in [0, 0.1) is 6.92 Å². The van der Waals surface area contributed by atoms with E-state index in [-0.39, 0.29) is 0 Å². The normalized spacial score (nSPS) is 16.0. The third kappa shape index (κ3) is 4.40. The standard InChI is InChI=1S/C23H25N5O2S/c1-16-2-5-18(6-3-16)31-23-21(24)22(25-14-26-23)28-10-8-27(9-11-28)13-17-4-7-19-20(12-17)30-15-29-19/h2-7,12,14H,8-11,13,15,24H2,1H3. The van der Waals surface area contributed by atoms with Crippen LogP contribution in [0.4, 0.5) is 11.5 Å². The smallest absolute Gasteiger partial charge is 0.231 e. The first-order chi connectivity index (χ1) is 15.2. The van der Waals surface area contributed by atoms with E-state index in [2.05, 4.69) is 63.1 Å². The number of hydrogen-bond acceptors (Lipinski definition) is 8. The van der Waals surface area contributed by atoms with E-state index >= 15 is 0 Å². The van der Waals surface area contributed by atoms with Crippen LogP contribution in [0.15, 0.2) is 58.7 Å². The van der Waals surface area contributed by atoms with E-state index in [1.54, 1.807) is 18.1 Å². The van der Waals surface area contributed by atoms with E-state index in [1.807, 2.05) is 6.07 Å². The van der Waals surface area contributed by atoms with Gasteiger partial charge in [0.2, 0.25) is 6.79 Å². The van der Waals surface area contributed by atoms with E-state index in [0.29, 0.717) is 12.5 Å². The van der Waals surface area contributed by atoms with Crippen molar-refractivity contribution in [2.75, 3.05) is 43.6 Å². The molecule has 7 nitrogen and oxygen atoms in total. The molecule has 0 aliphatic carbocycles. The molecule has 8 heteroatoms. The van der Waals surface area contributed by atoms with Gasteiger partial charge in [-0.2, -0.15) is 0 Å². The number of fused-ring (bicyclic) bond motifs is 1. The fraction of sp³-hybridized carbons (Fsp3) is 0.304. The van der Waals surface area contributed by atoms with Crippen LogP contribution in [0.2, 0.25) is 0 Å². The van der Waals surface area contributed by atoms with Crippen LogP contribution in [0.3, 0.4) is 0 Å². The fourth-order valence-electron chi connectivity index (χ4n) is 3.84. The van der Waals surface area contributed by atoms with Crippen LogP contribution < -0.4 is 20.1 Å². The Kier molecular flexibility index (Phi) is 5.57. The Labute approximate surface area is 186 Å². The van der Waals surface area contributed by atoms with Crippen LogP contribution in [-0.4, -0.2) is 47.8 Å². The molecule has 0 spiro atoms. The van der Waals surface area contributed by atoms with Crippen molar-refractivity contribution in [3.8, 4) is 11.5 Å². The SMILES string of the molecule is Cc1ccc(Sc2ncnc(N3CCN(Cc4ccc5c(c4)OCO5)CC3)c2N)cc1. The molecule has 0 atom stereocenters. The van der Waals surface area contributed by atoms with Gasteiger partial charge < -0.3 is 20.1 Å². The van der Waals surface area contributed by atoms with Crippen molar-refractivity contribution in [1.82, 2.24) is 14.9 Å². The number of nitrogens with zero attached hydrogens (tertiary/aromatic N) is 4. The minimum atomic E-state index is 0.308. The van der Waals surface area contributed by atoms with Crippen LogP contribution in [0.1, 0.15) is 11.1 Å². The number of benzene rings is 2. The van der Waals surface area contributed by atoms with Crippen molar-refractivity contribution < 1.29 is 9.47 Å². The Hall–Kier alpha value is -2.97. The lowest BCUT2D eigenvalue weighted by molar-refractivity contribution is 0.174. The van der Waals surface area contributed by atoms with E-state index in [9.17, 15) is 0 Å². The lowest BCUT2D eigenvalue weighted by atomic mass is 10.1. The van der Waals surface area contributed by atoms with Crippen LogP contribution in [0.25, 0.3) is 0 Å². The second kappa shape index (κ2) is 8.64. The highest BCUT2D eigenvalue weighted by atomic mass is 32.2. The zero-order valence-corrected chi connectivity index (χ0v) is 18.3. The fourth-order valence-corrected chi connectivity index (χ4v) is 4.63. The number of aromatic nitrogens is 2. The maximum Gasteiger partial charge on any atom is 0.231 e. The number of hydrogen-bond donors (Lipinski definition) is 1. The Morgan fingerprint density at radius 3 is 2.55 bits per heavy atom. The predicted molar refractivity (Wildman–Crippen MR) is 122 cm³/mol. The van der Waals surface area contributed by atoms with Crippen LogP contribution in [-0.2, 0) is 6.54 Å². The Bertz CT molecular complexity index is 1070. The maximum atomic E-state index is 6.48. The molecule has 3 heterocycles. The molecule has 31 heavy (non-hydrogen) atoms. The van der Waals surface area contributed by atoms with Crippen molar-refractivity contribution in [3.63, 3.8) is 0 Å². The molecule has 2 aliphatic rings. The Morgan fingerprint density at radius 1 is 0.968 bits per heavy atom. The van der Waals surface area contributed by atoms with Gasteiger partial charge in [0.25, 0.3) is 0 Å². The molecular formula is C23H25N5O2S. The molecule has 3 aromatic rings. The van der Waals surface area contributed by atoms with Crippen molar-refractivity contribution >= 4 is 23.3 Å². The first-order valence-electron chi connectivity index (χ1n) is 10.4. The molecular weight excluding hydrogens is 410 g/mol. The van der Waals surface area contributed by atoms with Gasteiger partial charge in [-0.15, -0.1) is 0 Å². The van der Waals surface area contributed by atoms with Gasteiger partial charge in [0, 0.05) is 37.6 Å². The number of piperazine rings is 1. The van der Waals surface area contributed by atoms with Gasteiger partial charge in [-0.25, -0.2) is 9.97 Å². The van der Waals surface area contributed by atoms with Crippen molar-refractivity contribution in [2.24, 2.45) is 0 Å². The largest absolute Gasteiger partial charge is 0.454 e. The van der Waals surface area contributed by atoms with E-state index in [4.69, 9.17) is 15.2 Å². The number of nitrogen functional groups attached to an aromatic ring is 1. The summed E-state index contributed by atoms with van der Waals surface area (Å²) in [4.78, 5) is 14.7. The summed E-state index contributed by atoms with van der Waals surface area (Å²) in [6.07, 6.45) is 1.61. The van der Waals surface area contributed by atoms with Crippen molar-refractivity contribution in [1.29, 1.82) is 0 Å². The minimum absolute atomic E-state index is 0.308.